The minimum absolute atomic E-state index is 0.225. The summed E-state index contributed by atoms with van der Waals surface area (Å²) in [6.07, 6.45) is 6.76. The molecule has 8 nitrogen and oxygen atoms in total. The Morgan fingerprint density at radius 2 is 1.32 bits per heavy atom. The molecule has 0 bridgehead atoms. The van der Waals surface area contributed by atoms with Crippen LogP contribution in [0.15, 0.2) is 54.7 Å². The molecule has 0 heterocycles. The molecule has 0 aromatic heterocycles. The van der Waals surface area contributed by atoms with Crippen molar-refractivity contribution in [2.45, 2.75) is 0 Å². The van der Waals surface area contributed by atoms with Crippen LogP contribution in [0.25, 0.3) is 12.2 Å². The highest BCUT2D eigenvalue weighted by atomic mass is 35.5. The Morgan fingerprint density at radius 3 is 1.87 bits per heavy atom. The van der Waals surface area contributed by atoms with Crippen molar-refractivity contribution >= 4 is 35.2 Å². The summed E-state index contributed by atoms with van der Waals surface area (Å²) in [5.41, 5.74) is 2.72. The zero-order valence-electron chi connectivity index (χ0n) is 22.1. The van der Waals surface area contributed by atoms with Gasteiger partial charge >= 0.3 is 0 Å². The van der Waals surface area contributed by atoms with Gasteiger partial charge in [0.15, 0.2) is 28.8 Å². The van der Waals surface area contributed by atoms with E-state index < -0.39 is 0 Å². The summed E-state index contributed by atoms with van der Waals surface area (Å²) in [5, 5.41) is 3.52. The molecule has 3 aromatic carbocycles. The van der Waals surface area contributed by atoms with Crippen LogP contribution in [0, 0.1) is 0 Å². The molecule has 38 heavy (non-hydrogen) atoms. The number of carbonyl (C=O) groups excluding carboxylic acids is 1. The van der Waals surface area contributed by atoms with Gasteiger partial charge in [0.05, 0.1) is 47.7 Å². The lowest BCUT2D eigenvalue weighted by Crippen LogP contribution is -1.99. The lowest BCUT2D eigenvalue weighted by Gasteiger charge is -2.14. The van der Waals surface area contributed by atoms with E-state index in [1.165, 1.54) is 13.2 Å². The molecule has 3 rings (SSSR count). The number of hydrogen-bond donors (Lipinski definition) is 1. The number of benzene rings is 3. The summed E-state index contributed by atoms with van der Waals surface area (Å²) in [6.45, 7) is 0. The zero-order valence-corrected chi connectivity index (χ0v) is 22.8. The van der Waals surface area contributed by atoms with Gasteiger partial charge in [-0.1, -0.05) is 23.8 Å². The first kappa shape index (κ1) is 28.3. The van der Waals surface area contributed by atoms with Gasteiger partial charge in [-0.3, -0.25) is 4.79 Å². The van der Waals surface area contributed by atoms with Crippen LogP contribution >= 0.6 is 11.6 Å². The second-order valence-electron chi connectivity index (χ2n) is 7.78. The first-order valence-electron chi connectivity index (χ1n) is 11.4. The summed E-state index contributed by atoms with van der Waals surface area (Å²) in [5.74, 6) is 2.94. The maximum atomic E-state index is 12.7. The number of carbonyl (C=O) groups is 1. The highest BCUT2D eigenvalue weighted by Gasteiger charge is 2.13. The summed E-state index contributed by atoms with van der Waals surface area (Å²) in [4.78, 5) is 12.7. The highest BCUT2D eigenvalue weighted by molar-refractivity contribution is 6.32. The third-order valence-electron chi connectivity index (χ3n) is 5.61. The van der Waals surface area contributed by atoms with Gasteiger partial charge in [-0.15, -0.1) is 0 Å². The van der Waals surface area contributed by atoms with Crippen LogP contribution in [-0.2, 0) is 0 Å². The number of nitrogens with one attached hydrogen (secondary N) is 1. The summed E-state index contributed by atoms with van der Waals surface area (Å²) >= 11 is 6.15. The molecule has 0 fully saturated rings. The van der Waals surface area contributed by atoms with Gasteiger partial charge < -0.3 is 33.7 Å². The van der Waals surface area contributed by atoms with Gasteiger partial charge in [0.2, 0.25) is 5.75 Å². The van der Waals surface area contributed by atoms with E-state index in [4.69, 9.17) is 40.0 Å². The van der Waals surface area contributed by atoms with Crippen molar-refractivity contribution < 1.29 is 33.2 Å². The number of methoxy groups -OCH3 is 6. The molecule has 9 heteroatoms. The average Bonchev–Trinajstić information content (AvgIpc) is 2.95. The van der Waals surface area contributed by atoms with Gasteiger partial charge in [0, 0.05) is 35.2 Å². The molecule has 0 amide bonds. The van der Waals surface area contributed by atoms with E-state index in [9.17, 15) is 4.79 Å². The minimum Gasteiger partial charge on any atom is -0.495 e. The van der Waals surface area contributed by atoms with E-state index in [0.29, 0.717) is 50.8 Å². The molecule has 0 saturated carbocycles. The van der Waals surface area contributed by atoms with Crippen LogP contribution in [0.1, 0.15) is 21.5 Å². The second-order valence-corrected chi connectivity index (χ2v) is 8.18. The van der Waals surface area contributed by atoms with Crippen LogP contribution in [-0.4, -0.2) is 48.4 Å². The smallest absolute Gasteiger partial charge is 0.203 e. The van der Waals surface area contributed by atoms with E-state index in [0.717, 1.165) is 11.1 Å². The molecule has 0 aliphatic rings. The number of hydrogen-bond acceptors (Lipinski definition) is 8. The monoisotopic (exact) mass is 539 g/mol. The molecular formula is C29H30ClNO7. The van der Waals surface area contributed by atoms with Crippen molar-refractivity contribution in [3.63, 3.8) is 0 Å². The highest BCUT2D eigenvalue weighted by Crippen LogP contribution is 2.39. The summed E-state index contributed by atoms with van der Waals surface area (Å²) < 4.78 is 32.4. The zero-order chi connectivity index (χ0) is 27.7. The van der Waals surface area contributed by atoms with Crippen LogP contribution in [0.3, 0.4) is 0 Å². The normalized spacial score (nSPS) is 10.9. The Hall–Kier alpha value is -4.30. The van der Waals surface area contributed by atoms with Crippen molar-refractivity contribution in [3.05, 3.63) is 76.5 Å². The van der Waals surface area contributed by atoms with Gasteiger partial charge in [0.1, 0.15) is 5.75 Å². The molecule has 0 aliphatic carbocycles. The van der Waals surface area contributed by atoms with Crippen molar-refractivity contribution in [2.75, 3.05) is 48.0 Å². The predicted molar refractivity (Wildman–Crippen MR) is 150 cm³/mol. The molecule has 0 unspecified atom stereocenters. The molecular weight excluding hydrogens is 510 g/mol. The Kier molecular flexibility index (Phi) is 9.90. The Balaban J connectivity index is 1.92. The van der Waals surface area contributed by atoms with E-state index in [1.807, 2.05) is 30.4 Å². The van der Waals surface area contributed by atoms with Crippen LogP contribution in [0.4, 0.5) is 5.69 Å². The van der Waals surface area contributed by atoms with Crippen molar-refractivity contribution in [1.29, 1.82) is 0 Å². The van der Waals surface area contributed by atoms with Crippen LogP contribution < -0.4 is 33.7 Å². The Labute approximate surface area is 227 Å². The summed E-state index contributed by atoms with van der Waals surface area (Å²) in [7, 11) is 9.32. The maximum absolute atomic E-state index is 12.7. The topological polar surface area (TPSA) is 84.5 Å². The molecule has 200 valence electrons. The van der Waals surface area contributed by atoms with Crippen molar-refractivity contribution in [3.8, 4) is 34.5 Å². The first-order chi connectivity index (χ1) is 18.4. The number of halogens is 1. The largest absolute Gasteiger partial charge is 0.495 e. The number of ketones is 1. The third-order valence-corrected chi connectivity index (χ3v) is 5.90. The van der Waals surface area contributed by atoms with Gasteiger partial charge in [0.25, 0.3) is 0 Å². The van der Waals surface area contributed by atoms with Crippen molar-refractivity contribution in [2.24, 2.45) is 0 Å². The van der Waals surface area contributed by atoms with E-state index in [2.05, 4.69) is 5.32 Å². The number of rotatable bonds is 12. The Morgan fingerprint density at radius 1 is 0.711 bits per heavy atom. The fourth-order valence-electron chi connectivity index (χ4n) is 3.66. The second kappa shape index (κ2) is 13.3. The number of anilines is 1. The Bertz CT molecular complexity index is 1330. The molecule has 0 radical (unpaired) electrons. The lowest BCUT2D eigenvalue weighted by molar-refractivity contribution is 0.104. The third kappa shape index (κ3) is 6.52. The van der Waals surface area contributed by atoms with E-state index in [-0.39, 0.29) is 5.78 Å². The molecule has 0 aliphatic heterocycles. The summed E-state index contributed by atoms with van der Waals surface area (Å²) in [6, 6.07) is 12.2. The fourth-order valence-corrected chi connectivity index (χ4v) is 3.92. The van der Waals surface area contributed by atoms with Gasteiger partial charge in [-0.25, -0.2) is 0 Å². The molecule has 3 aromatic rings. The van der Waals surface area contributed by atoms with E-state index >= 15 is 0 Å². The standard InChI is InChI=1S/C29H30ClNO7/c1-33-24-10-9-20(15-21(24)30)23(32)11-12-31-22-17-26(35-3)25(34-2)16-19(22)8-7-18-13-27(36-4)29(38-6)28(14-18)37-5/h7-17,31H,1-6H3. The van der Waals surface area contributed by atoms with E-state index in [1.54, 1.807) is 66.0 Å². The minimum atomic E-state index is -0.225. The van der Waals surface area contributed by atoms with Crippen LogP contribution in [0.2, 0.25) is 5.02 Å². The average molecular weight is 540 g/mol. The molecule has 1 N–H and O–H groups in total. The number of ether oxygens (including phenoxy) is 6. The fraction of sp³-hybridized carbons (Fsp3) is 0.207. The van der Waals surface area contributed by atoms with Crippen molar-refractivity contribution in [1.82, 2.24) is 0 Å². The van der Waals surface area contributed by atoms with Crippen LogP contribution in [0.5, 0.6) is 34.5 Å². The number of allylic oxidation sites excluding steroid dienone is 1. The molecule has 0 spiro atoms. The lowest BCUT2D eigenvalue weighted by atomic mass is 10.1. The molecule has 0 saturated heterocycles. The first-order valence-corrected chi connectivity index (χ1v) is 11.8. The quantitative estimate of drug-likeness (QED) is 0.161. The van der Waals surface area contributed by atoms with Gasteiger partial charge in [-0.05, 0) is 42.0 Å². The molecule has 0 atom stereocenters. The van der Waals surface area contributed by atoms with Gasteiger partial charge in [-0.2, -0.15) is 0 Å². The SMILES string of the molecule is COc1ccc(C(=O)C=CNc2cc(OC)c(OC)cc2C=Cc2cc(OC)c(OC)c(OC)c2)cc1Cl. The maximum Gasteiger partial charge on any atom is 0.203 e. The predicted octanol–water partition coefficient (Wildman–Crippen LogP) is 6.37.